The van der Waals surface area contributed by atoms with Crippen LogP contribution in [0.25, 0.3) is 0 Å². The number of H-pyrrole nitrogens is 1. The molecule has 3 rings (SSSR count). The summed E-state index contributed by atoms with van der Waals surface area (Å²) in [5.74, 6) is -1.68. The Morgan fingerprint density at radius 2 is 1.71 bits per heavy atom. The highest BCUT2D eigenvalue weighted by molar-refractivity contribution is 6.03. The molecule has 0 saturated carbocycles. The van der Waals surface area contributed by atoms with E-state index in [0.29, 0.717) is 22.4 Å². The van der Waals surface area contributed by atoms with Crippen LogP contribution in [0.5, 0.6) is 0 Å². The van der Waals surface area contributed by atoms with Gasteiger partial charge in [-0.25, -0.2) is 4.79 Å². The molecule has 2 aromatic rings. The Balaban J connectivity index is 1.52. The number of esters is 2. The van der Waals surface area contributed by atoms with Crippen molar-refractivity contribution in [1.82, 2.24) is 4.98 Å². The van der Waals surface area contributed by atoms with Crippen LogP contribution >= 0.6 is 0 Å². The van der Waals surface area contributed by atoms with E-state index in [-0.39, 0.29) is 30.9 Å². The second-order valence-corrected chi connectivity index (χ2v) is 7.69. The lowest BCUT2D eigenvalue weighted by atomic mass is 10.0. The molecule has 0 radical (unpaired) electrons. The van der Waals surface area contributed by atoms with E-state index in [1.165, 1.54) is 11.1 Å². The minimum atomic E-state index is -0.612. The normalized spacial score (nSPS) is 12.4. The molecule has 1 aliphatic rings. The first-order chi connectivity index (χ1) is 14.8. The summed E-state index contributed by atoms with van der Waals surface area (Å²) >= 11 is 0. The molecule has 1 heterocycles. The Labute approximate surface area is 181 Å². The molecule has 1 aromatic heterocycles. The van der Waals surface area contributed by atoms with Crippen LogP contribution < -0.4 is 0 Å². The van der Waals surface area contributed by atoms with Gasteiger partial charge in [-0.2, -0.15) is 0 Å². The maximum absolute atomic E-state index is 12.5. The number of hydrogen-bond donors (Lipinski definition) is 1. The van der Waals surface area contributed by atoms with Gasteiger partial charge in [0.05, 0.1) is 13.0 Å². The molecule has 0 aliphatic heterocycles. The van der Waals surface area contributed by atoms with Crippen molar-refractivity contribution in [2.45, 2.75) is 52.9 Å². The summed E-state index contributed by atoms with van der Waals surface area (Å²) in [6.45, 7) is 4.78. The third-order valence-corrected chi connectivity index (χ3v) is 5.54. The lowest BCUT2D eigenvalue weighted by Crippen LogP contribution is -2.16. The molecule has 0 unspecified atom stereocenters. The van der Waals surface area contributed by atoms with Crippen LogP contribution in [0.2, 0.25) is 0 Å². The van der Waals surface area contributed by atoms with Gasteiger partial charge >= 0.3 is 11.9 Å². The summed E-state index contributed by atoms with van der Waals surface area (Å²) in [5.41, 5.74) is 4.60. The molecule has 7 heteroatoms. The van der Waals surface area contributed by atoms with Crippen LogP contribution in [0, 0.1) is 13.8 Å². The molecule has 0 atom stereocenters. The number of carbonyl (C=O) groups excluding carboxylic acids is 4. The average molecular weight is 425 g/mol. The van der Waals surface area contributed by atoms with E-state index >= 15 is 0 Å². The predicted octanol–water partition coefficient (Wildman–Crippen LogP) is 3.69. The molecule has 0 fully saturated rings. The summed E-state index contributed by atoms with van der Waals surface area (Å²) < 4.78 is 10.0. The number of ether oxygens (including phenoxy) is 2. The Morgan fingerprint density at radius 1 is 0.968 bits per heavy atom. The number of aryl methyl sites for hydroxylation is 3. The quantitative estimate of drug-likeness (QED) is 0.486. The zero-order chi connectivity index (χ0) is 22.5. The summed E-state index contributed by atoms with van der Waals surface area (Å²) in [4.78, 5) is 51.8. The number of nitrogens with one attached hydrogen (secondary N) is 1. The third-order valence-electron chi connectivity index (χ3n) is 5.54. The molecule has 31 heavy (non-hydrogen) atoms. The summed E-state index contributed by atoms with van der Waals surface area (Å²) in [6, 6.07) is 5.71. The number of fused-ring (bicyclic) bond motifs is 1. The van der Waals surface area contributed by atoms with E-state index in [2.05, 4.69) is 4.98 Å². The van der Waals surface area contributed by atoms with Gasteiger partial charge in [-0.3, -0.25) is 14.4 Å². The third kappa shape index (κ3) is 5.10. The molecule has 0 saturated heterocycles. The van der Waals surface area contributed by atoms with Crippen LogP contribution in [0.15, 0.2) is 18.2 Å². The van der Waals surface area contributed by atoms with E-state index in [4.69, 9.17) is 9.47 Å². The highest BCUT2D eigenvalue weighted by Crippen LogP contribution is 2.24. The maximum atomic E-state index is 12.5. The van der Waals surface area contributed by atoms with Gasteiger partial charge < -0.3 is 14.5 Å². The number of aromatic amines is 1. The highest BCUT2D eigenvalue weighted by atomic mass is 16.5. The minimum Gasteiger partial charge on any atom is -0.461 e. The highest BCUT2D eigenvalue weighted by Gasteiger charge is 2.23. The van der Waals surface area contributed by atoms with Crippen LogP contribution in [0.3, 0.4) is 0 Å². The molecule has 1 aromatic carbocycles. The van der Waals surface area contributed by atoms with E-state index in [1.54, 1.807) is 26.8 Å². The SMILES string of the molecule is CCOC(=O)c1[nH]c(C)c(C(=O)COC(=O)CCC(=O)c2ccc3c(c2)CCC3)c1C. The fourth-order valence-corrected chi connectivity index (χ4v) is 3.97. The van der Waals surface area contributed by atoms with E-state index in [1.807, 2.05) is 12.1 Å². The minimum absolute atomic E-state index is 0.0288. The molecule has 0 spiro atoms. The first-order valence-corrected chi connectivity index (χ1v) is 10.5. The number of carbonyl (C=O) groups is 4. The molecule has 164 valence electrons. The Morgan fingerprint density at radius 3 is 2.45 bits per heavy atom. The number of rotatable bonds is 9. The van der Waals surface area contributed by atoms with Crippen molar-refractivity contribution in [3.8, 4) is 0 Å². The Kier molecular flexibility index (Phi) is 7.05. The average Bonchev–Trinajstić information content (AvgIpc) is 3.33. The first-order valence-electron chi connectivity index (χ1n) is 10.5. The van der Waals surface area contributed by atoms with Crippen molar-refractivity contribution >= 4 is 23.5 Å². The van der Waals surface area contributed by atoms with Crippen molar-refractivity contribution in [3.05, 3.63) is 57.4 Å². The number of benzene rings is 1. The smallest absolute Gasteiger partial charge is 0.355 e. The molecule has 0 amide bonds. The van der Waals surface area contributed by atoms with Gasteiger partial charge in [0.15, 0.2) is 12.4 Å². The Bertz CT molecular complexity index is 1030. The second-order valence-electron chi connectivity index (χ2n) is 7.69. The first kappa shape index (κ1) is 22.5. The van der Waals surface area contributed by atoms with Gasteiger partial charge in [0.1, 0.15) is 5.69 Å². The van der Waals surface area contributed by atoms with Gasteiger partial charge in [-0.1, -0.05) is 12.1 Å². The van der Waals surface area contributed by atoms with Crippen molar-refractivity contribution < 1.29 is 28.7 Å². The molecule has 0 bridgehead atoms. The fraction of sp³-hybridized carbons (Fsp3) is 0.417. The molecular weight excluding hydrogens is 398 g/mol. The Hall–Kier alpha value is -3.22. The predicted molar refractivity (Wildman–Crippen MR) is 114 cm³/mol. The van der Waals surface area contributed by atoms with Gasteiger partial charge in [0, 0.05) is 23.2 Å². The van der Waals surface area contributed by atoms with Crippen LogP contribution in [0.1, 0.15) is 79.8 Å². The van der Waals surface area contributed by atoms with Gasteiger partial charge in [0.2, 0.25) is 5.78 Å². The van der Waals surface area contributed by atoms with Gasteiger partial charge in [0.25, 0.3) is 0 Å². The van der Waals surface area contributed by atoms with Gasteiger partial charge in [-0.15, -0.1) is 0 Å². The number of aromatic nitrogens is 1. The lowest BCUT2D eigenvalue weighted by molar-refractivity contribution is -0.142. The number of Topliss-reactive ketones (excluding diaryl/α,β-unsaturated/α-hetero) is 2. The second kappa shape index (κ2) is 9.73. The summed E-state index contributed by atoms with van der Waals surface area (Å²) in [6.07, 6.45) is 3.07. The monoisotopic (exact) mass is 425 g/mol. The largest absolute Gasteiger partial charge is 0.461 e. The van der Waals surface area contributed by atoms with Crippen LogP contribution in [-0.4, -0.2) is 41.7 Å². The van der Waals surface area contributed by atoms with E-state index < -0.39 is 24.3 Å². The van der Waals surface area contributed by atoms with Crippen molar-refractivity contribution in [3.63, 3.8) is 0 Å². The van der Waals surface area contributed by atoms with Crippen molar-refractivity contribution in [1.29, 1.82) is 0 Å². The van der Waals surface area contributed by atoms with E-state index in [9.17, 15) is 19.2 Å². The van der Waals surface area contributed by atoms with Crippen LogP contribution in [0.4, 0.5) is 0 Å². The number of ketones is 2. The van der Waals surface area contributed by atoms with Gasteiger partial charge in [-0.05, 0) is 62.8 Å². The molecular formula is C24H27NO6. The standard InChI is InChI=1S/C24H27NO6/c1-4-30-24(29)23-14(2)22(15(3)25-23)20(27)13-31-21(28)11-10-19(26)18-9-8-16-6-5-7-17(16)12-18/h8-9,12,25H,4-7,10-11,13H2,1-3H3. The summed E-state index contributed by atoms with van der Waals surface area (Å²) in [5, 5.41) is 0. The molecule has 1 N–H and O–H groups in total. The fourth-order valence-electron chi connectivity index (χ4n) is 3.97. The van der Waals surface area contributed by atoms with Crippen molar-refractivity contribution in [2.75, 3.05) is 13.2 Å². The molecule has 1 aliphatic carbocycles. The maximum Gasteiger partial charge on any atom is 0.355 e. The van der Waals surface area contributed by atoms with E-state index in [0.717, 1.165) is 19.3 Å². The van der Waals surface area contributed by atoms with Crippen molar-refractivity contribution in [2.24, 2.45) is 0 Å². The number of hydrogen-bond acceptors (Lipinski definition) is 6. The topological polar surface area (TPSA) is 103 Å². The lowest BCUT2D eigenvalue weighted by Gasteiger charge is -2.06. The zero-order valence-electron chi connectivity index (χ0n) is 18.1. The summed E-state index contributed by atoms with van der Waals surface area (Å²) in [7, 11) is 0. The van der Waals surface area contributed by atoms with Crippen LogP contribution in [-0.2, 0) is 27.1 Å². The zero-order valence-corrected chi connectivity index (χ0v) is 18.1. The molecule has 7 nitrogen and oxygen atoms in total.